The zero-order valence-electron chi connectivity index (χ0n) is 12.9. The van der Waals surface area contributed by atoms with Gasteiger partial charge in [-0.1, -0.05) is 23.9 Å². The third-order valence-electron chi connectivity index (χ3n) is 3.38. The molecule has 0 bridgehead atoms. The number of carbonyl (C=O) groups excluding carboxylic acids is 1. The summed E-state index contributed by atoms with van der Waals surface area (Å²) in [5.41, 5.74) is 2.87. The molecular formula is C17H16N2O3S2. The standard InChI is InChI=1S/C17H16N2O3S2/c1-10-2-4-12-15(6-10)24-17(19-12)23-9-16(22)18-8-11-3-5-13(20)14(21)7-11/h2-7,20-21H,8-9H2,1H3,(H,18,22). The molecule has 3 N–H and O–H groups in total. The van der Waals surface area contributed by atoms with Crippen molar-refractivity contribution >= 4 is 39.2 Å². The Morgan fingerprint density at radius 2 is 2.04 bits per heavy atom. The van der Waals surface area contributed by atoms with E-state index in [1.807, 2.05) is 19.1 Å². The molecule has 3 rings (SSSR count). The molecule has 5 nitrogen and oxygen atoms in total. The molecule has 24 heavy (non-hydrogen) atoms. The van der Waals surface area contributed by atoms with Crippen molar-refractivity contribution in [3.8, 4) is 11.5 Å². The van der Waals surface area contributed by atoms with Crippen molar-refractivity contribution in [3.63, 3.8) is 0 Å². The van der Waals surface area contributed by atoms with Gasteiger partial charge in [0.1, 0.15) is 0 Å². The van der Waals surface area contributed by atoms with E-state index in [1.165, 1.54) is 29.5 Å². The fourth-order valence-corrected chi connectivity index (χ4v) is 4.13. The van der Waals surface area contributed by atoms with E-state index in [0.29, 0.717) is 6.54 Å². The van der Waals surface area contributed by atoms with Crippen LogP contribution in [0.4, 0.5) is 0 Å². The Kier molecular flexibility index (Phi) is 4.92. The molecule has 0 radical (unpaired) electrons. The molecule has 3 aromatic rings. The summed E-state index contributed by atoms with van der Waals surface area (Å²) in [6.45, 7) is 2.34. The number of hydrogen-bond donors (Lipinski definition) is 3. The van der Waals surface area contributed by atoms with Crippen LogP contribution in [0, 0.1) is 6.92 Å². The lowest BCUT2D eigenvalue weighted by Gasteiger charge is -2.05. The van der Waals surface area contributed by atoms with Gasteiger partial charge in [0, 0.05) is 6.54 Å². The number of aryl methyl sites for hydroxylation is 1. The number of nitrogens with one attached hydrogen (secondary N) is 1. The second-order valence-electron chi connectivity index (χ2n) is 5.34. The molecule has 0 aliphatic rings. The van der Waals surface area contributed by atoms with Gasteiger partial charge in [0.2, 0.25) is 5.91 Å². The maximum atomic E-state index is 11.9. The van der Waals surface area contributed by atoms with Gasteiger partial charge in [-0.25, -0.2) is 4.98 Å². The molecule has 0 atom stereocenters. The van der Waals surface area contributed by atoms with Crippen LogP contribution in [0.25, 0.3) is 10.2 Å². The van der Waals surface area contributed by atoms with E-state index in [2.05, 4.69) is 16.4 Å². The first-order valence-corrected chi connectivity index (χ1v) is 9.09. The van der Waals surface area contributed by atoms with Crippen molar-refractivity contribution < 1.29 is 15.0 Å². The second-order valence-corrected chi connectivity index (χ2v) is 7.59. The number of phenolic OH excluding ortho intramolecular Hbond substituents is 2. The molecular weight excluding hydrogens is 344 g/mol. The Morgan fingerprint density at radius 1 is 1.21 bits per heavy atom. The van der Waals surface area contributed by atoms with Crippen molar-refractivity contribution in [2.45, 2.75) is 17.8 Å². The Labute approximate surface area is 147 Å². The monoisotopic (exact) mass is 360 g/mol. The zero-order valence-corrected chi connectivity index (χ0v) is 14.6. The first-order valence-electron chi connectivity index (χ1n) is 7.29. The lowest BCUT2D eigenvalue weighted by Crippen LogP contribution is -2.24. The topological polar surface area (TPSA) is 82.5 Å². The number of carbonyl (C=O) groups is 1. The summed E-state index contributed by atoms with van der Waals surface area (Å²) in [6, 6.07) is 10.6. The van der Waals surface area contributed by atoms with E-state index in [1.54, 1.807) is 17.4 Å². The number of benzene rings is 2. The third kappa shape index (κ3) is 3.98. The Balaban J connectivity index is 1.53. The minimum atomic E-state index is -0.194. The summed E-state index contributed by atoms with van der Waals surface area (Å²) < 4.78 is 1.99. The molecule has 7 heteroatoms. The van der Waals surface area contributed by atoms with Gasteiger partial charge in [0.25, 0.3) is 0 Å². The molecule has 0 aliphatic heterocycles. The summed E-state index contributed by atoms with van der Waals surface area (Å²) >= 11 is 2.99. The van der Waals surface area contributed by atoms with E-state index in [0.717, 1.165) is 20.1 Å². The number of aromatic hydroxyl groups is 2. The summed E-state index contributed by atoms with van der Waals surface area (Å²) in [5.74, 6) is -0.196. The summed E-state index contributed by atoms with van der Waals surface area (Å²) in [7, 11) is 0. The molecule has 1 aromatic heterocycles. The first-order chi connectivity index (χ1) is 11.5. The number of amides is 1. The summed E-state index contributed by atoms with van der Waals surface area (Å²) in [5, 5.41) is 21.5. The second kappa shape index (κ2) is 7.11. The van der Waals surface area contributed by atoms with E-state index < -0.39 is 0 Å². The van der Waals surface area contributed by atoms with E-state index >= 15 is 0 Å². The van der Waals surface area contributed by atoms with Crippen LogP contribution in [0.15, 0.2) is 40.7 Å². The lowest BCUT2D eigenvalue weighted by molar-refractivity contribution is -0.118. The third-order valence-corrected chi connectivity index (χ3v) is 5.54. The number of phenols is 2. The molecule has 1 amide bonds. The van der Waals surface area contributed by atoms with Crippen LogP contribution < -0.4 is 5.32 Å². The van der Waals surface area contributed by atoms with Gasteiger partial charge < -0.3 is 15.5 Å². The smallest absolute Gasteiger partial charge is 0.230 e. The predicted molar refractivity (Wildman–Crippen MR) is 96.7 cm³/mol. The van der Waals surface area contributed by atoms with E-state index in [-0.39, 0.29) is 23.2 Å². The van der Waals surface area contributed by atoms with Crippen molar-refractivity contribution in [2.75, 3.05) is 5.75 Å². The van der Waals surface area contributed by atoms with Crippen LogP contribution in [0.1, 0.15) is 11.1 Å². The number of fused-ring (bicyclic) bond motifs is 1. The van der Waals surface area contributed by atoms with Crippen molar-refractivity contribution in [1.29, 1.82) is 0 Å². The Bertz CT molecular complexity index is 893. The van der Waals surface area contributed by atoms with Crippen molar-refractivity contribution in [2.24, 2.45) is 0 Å². The van der Waals surface area contributed by atoms with Crippen LogP contribution in [0.3, 0.4) is 0 Å². The summed E-state index contributed by atoms with van der Waals surface area (Å²) in [6.07, 6.45) is 0. The van der Waals surface area contributed by atoms with E-state index in [9.17, 15) is 15.0 Å². The van der Waals surface area contributed by atoms with Gasteiger partial charge in [-0.05, 0) is 42.3 Å². The average Bonchev–Trinajstić information content (AvgIpc) is 2.96. The molecule has 0 spiro atoms. The lowest BCUT2D eigenvalue weighted by atomic mass is 10.2. The number of rotatable bonds is 5. The highest BCUT2D eigenvalue weighted by molar-refractivity contribution is 8.01. The van der Waals surface area contributed by atoms with Gasteiger partial charge >= 0.3 is 0 Å². The molecule has 0 fully saturated rings. The van der Waals surface area contributed by atoms with Gasteiger partial charge in [0.15, 0.2) is 15.8 Å². The normalized spacial score (nSPS) is 10.9. The number of nitrogens with zero attached hydrogens (tertiary/aromatic N) is 1. The predicted octanol–water partition coefficient (Wildman–Crippen LogP) is 3.42. The largest absolute Gasteiger partial charge is 0.504 e. The van der Waals surface area contributed by atoms with Crippen LogP contribution in [-0.4, -0.2) is 26.9 Å². The maximum absolute atomic E-state index is 11.9. The number of thioether (sulfide) groups is 1. The Morgan fingerprint density at radius 3 is 2.83 bits per heavy atom. The van der Waals surface area contributed by atoms with Gasteiger partial charge in [-0.3, -0.25) is 4.79 Å². The Hall–Kier alpha value is -2.25. The highest BCUT2D eigenvalue weighted by Crippen LogP contribution is 2.30. The SMILES string of the molecule is Cc1ccc2nc(SCC(=O)NCc3ccc(O)c(O)c3)sc2c1. The molecule has 124 valence electrons. The van der Waals surface area contributed by atoms with Crippen molar-refractivity contribution in [3.05, 3.63) is 47.5 Å². The first kappa shape index (κ1) is 16.6. The highest BCUT2D eigenvalue weighted by Gasteiger charge is 2.08. The van der Waals surface area contributed by atoms with E-state index in [4.69, 9.17) is 0 Å². The molecule has 0 unspecified atom stereocenters. The van der Waals surface area contributed by atoms with Gasteiger partial charge in [-0.15, -0.1) is 11.3 Å². The average molecular weight is 360 g/mol. The number of aromatic nitrogens is 1. The molecule has 0 saturated carbocycles. The zero-order chi connectivity index (χ0) is 17.1. The van der Waals surface area contributed by atoms with Gasteiger partial charge in [-0.2, -0.15) is 0 Å². The van der Waals surface area contributed by atoms with Crippen molar-refractivity contribution in [1.82, 2.24) is 10.3 Å². The van der Waals surface area contributed by atoms with Crippen LogP contribution in [0.5, 0.6) is 11.5 Å². The molecule has 2 aromatic carbocycles. The number of hydrogen-bond acceptors (Lipinski definition) is 6. The molecule has 0 aliphatic carbocycles. The fourth-order valence-electron chi connectivity index (χ4n) is 2.13. The number of thiazole rings is 1. The summed E-state index contributed by atoms with van der Waals surface area (Å²) in [4.78, 5) is 16.4. The fraction of sp³-hybridized carbons (Fsp3) is 0.176. The van der Waals surface area contributed by atoms with Crippen LogP contribution >= 0.6 is 23.1 Å². The van der Waals surface area contributed by atoms with Gasteiger partial charge in [0.05, 0.1) is 16.0 Å². The quantitative estimate of drug-likeness (QED) is 0.480. The maximum Gasteiger partial charge on any atom is 0.230 e. The minimum absolute atomic E-state index is 0.108. The molecule has 0 saturated heterocycles. The van der Waals surface area contributed by atoms with Crippen LogP contribution in [-0.2, 0) is 11.3 Å². The highest BCUT2D eigenvalue weighted by atomic mass is 32.2. The molecule has 1 heterocycles. The van der Waals surface area contributed by atoms with Crippen LogP contribution in [0.2, 0.25) is 0 Å². The minimum Gasteiger partial charge on any atom is -0.504 e.